The van der Waals surface area contributed by atoms with E-state index in [1.165, 1.54) is 12.1 Å². The van der Waals surface area contributed by atoms with Crippen molar-refractivity contribution >= 4 is 33.0 Å². The van der Waals surface area contributed by atoms with Gasteiger partial charge in [0.05, 0.1) is 10.6 Å². The lowest BCUT2D eigenvalue weighted by molar-refractivity contribution is 0.589. The van der Waals surface area contributed by atoms with Gasteiger partial charge in [-0.3, -0.25) is 4.72 Å². The number of benzene rings is 2. The SMILES string of the molecule is CCc1c(Cl)cccc1S(=O)(=O)Nc1ccc(F)c(N)c1F. The van der Waals surface area contributed by atoms with Gasteiger partial charge >= 0.3 is 0 Å². The second-order valence-corrected chi connectivity index (χ2v) is 6.56. The zero-order valence-corrected chi connectivity index (χ0v) is 13.1. The van der Waals surface area contributed by atoms with Crippen LogP contribution in [-0.4, -0.2) is 8.42 Å². The number of rotatable bonds is 4. The van der Waals surface area contributed by atoms with Crippen LogP contribution >= 0.6 is 11.6 Å². The number of hydrogen-bond donors (Lipinski definition) is 2. The van der Waals surface area contributed by atoms with Gasteiger partial charge in [-0.15, -0.1) is 0 Å². The van der Waals surface area contributed by atoms with Gasteiger partial charge in [0.2, 0.25) is 0 Å². The third-order valence-corrected chi connectivity index (χ3v) is 4.89. The van der Waals surface area contributed by atoms with Crippen LogP contribution in [0, 0.1) is 11.6 Å². The minimum Gasteiger partial charge on any atom is -0.394 e. The van der Waals surface area contributed by atoms with Crippen LogP contribution in [0.25, 0.3) is 0 Å². The van der Waals surface area contributed by atoms with Crippen molar-refractivity contribution in [3.8, 4) is 0 Å². The molecule has 0 aliphatic heterocycles. The highest BCUT2D eigenvalue weighted by Gasteiger charge is 2.22. The lowest BCUT2D eigenvalue weighted by Gasteiger charge is -2.13. The highest BCUT2D eigenvalue weighted by atomic mass is 35.5. The second kappa shape index (κ2) is 6.10. The molecule has 118 valence electrons. The Labute approximate surface area is 132 Å². The molecule has 0 heterocycles. The van der Waals surface area contributed by atoms with Crippen molar-refractivity contribution in [1.82, 2.24) is 0 Å². The first-order valence-corrected chi connectivity index (χ1v) is 8.17. The van der Waals surface area contributed by atoms with E-state index in [1.54, 1.807) is 13.0 Å². The Morgan fingerprint density at radius 3 is 2.55 bits per heavy atom. The van der Waals surface area contributed by atoms with E-state index in [-0.39, 0.29) is 4.90 Å². The fraction of sp³-hybridized carbons (Fsp3) is 0.143. The van der Waals surface area contributed by atoms with Gasteiger partial charge in [-0.05, 0) is 36.2 Å². The number of anilines is 2. The van der Waals surface area contributed by atoms with E-state index in [0.29, 0.717) is 17.0 Å². The maximum atomic E-state index is 13.9. The quantitative estimate of drug-likeness (QED) is 0.831. The molecule has 0 unspecified atom stereocenters. The minimum atomic E-state index is -4.08. The molecule has 0 atom stereocenters. The minimum absolute atomic E-state index is 0.0650. The molecule has 0 aliphatic rings. The summed E-state index contributed by atoms with van der Waals surface area (Å²) in [6.07, 6.45) is 0.379. The molecule has 0 aromatic heterocycles. The molecule has 4 nitrogen and oxygen atoms in total. The molecule has 22 heavy (non-hydrogen) atoms. The van der Waals surface area contributed by atoms with Gasteiger partial charge in [0, 0.05) is 5.02 Å². The van der Waals surface area contributed by atoms with Gasteiger partial charge in [-0.2, -0.15) is 0 Å². The molecule has 0 spiro atoms. The molecule has 0 aliphatic carbocycles. The molecule has 2 aromatic rings. The van der Waals surface area contributed by atoms with Gasteiger partial charge < -0.3 is 5.73 Å². The van der Waals surface area contributed by atoms with Gasteiger partial charge in [-0.25, -0.2) is 17.2 Å². The van der Waals surface area contributed by atoms with Crippen molar-refractivity contribution < 1.29 is 17.2 Å². The smallest absolute Gasteiger partial charge is 0.262 e. The van der Waals surface area contributed by atoms with Gasteiger partial charge in [0.1, 0.15) is 11.5 Å². The fourth-order valence-corrected chi connectivity index (χ4v) is 3.74. The zero-order valence-electron chi connectivity index (χ0n) is 11.5. The van der Waals surface area contributed by atoms with E-state index in [1.807, 2.05) is 0 Å². The van der Waals surface area contributed by atoms with Gasteiger partial charge in [-0.1, -0.05) is 24.6 Å². The molecule has 8 heteroatoms. The van der Waals surface area contributed by atoms with E-state index in [4.69, 9.17) is 17.3 Å². The van der Waals surface area contributed by atoms with Crippen LogP contribution in [0.2, 0.25) is 5.02 Å². The molecule has 0 fully saturated rings. The van der Waals surface area contributed by atoms with Crippen LogP contribution in [0.1, 0.15) is 12.5 Å². The van der Waals surface area contributed by atoms with E-state index >= 15 is 0 Å². The first-order valence-electron chi connectivity index (χ1n) is 6.31. The molecule has 3 N–H and O–H groups in total. The van der Waals surface area contributed by atoms with Gasteiger partial charge in [0.15, 0.2) is 5.82 Å². The van der Waals surface area contributed by atoms with Crippen molar-refractivity contribution in [2.75, 3.05) is 10.5 Å². The van der Waals surface area contributed by atoms with Crippen LogP contribution < -0.4 is 10.5 Å². The van der Waals surface area contributed by atoms with Gasteiger partial charge in [0.25, 0.3) is 10.0 Å². The summed E-state index contributed by atoms with van der Waals surface area (Å²) in [5.74, 6) is -2.12. The third-order valence-electron chi connectivity index (χ3n) is 3.09. The Balaban J connectivity index is 2.50. The second-order valence-electron chi connectivity index (χ2n) is 4.50. The average molecular weight is 347 g/mol. The molecule has 0 radical (unpaired) electrons. The van der Waals surface area contributed by atoms with Crippen molar-refractivity contribution in [2.45, 2.75) is 18.2 Å². The summed E-state index contributed by atoms with van der Waals surface area (Å²) in [7, 11) is -4.08. The predicted octanol–water partition coefficient (Wildman–Crippen LogP) is 3.56. The Kier molecular flexibility index (Phi) is 4.58. The standard InChI is InChI=1S/C14H13ClF2N2O2S/c1-2-8-9(15)4-3-5-12(8)22(20,21)19-11-7-6-10(16)14(18)13(11)17/h3-7,19H,2,18H2,1H3. The summed E-state index contributed by atoms with van der Waals surface area (Å²) < 4.78 is 53.9. The molecule has 0 bridgehead atoms. The number of nitrogen functional groups attached to an aromatic ring is 1. The topological polar surface area (TPSA) is 72.2 Å². The van der Waals surface area contributed by atoms with E-state index in [9.17, 15) is 17.2 Å². The molecular formula is C14H13ClF2N2O2S. The van der Waals surface area contributed by atoms with Crippen molar-refractivity contribution in [2.24, 2.45) is 0 Å². The number of halogens is 3. The molecule has 0 saturated carbocycles. The Hall–Kier alpha value is -1.86. The molecule has 0 amide bonds. The number of nitrogens with two attached hydrogens (primary N) is 1. The average Bonchev–Trinajstić information content (AvgIpc) is 2.47. The van der Waals surface area contributed by atoms with E-state index in [2.05, 4.69) is 4.72 Å². The third kappa shape index (κ3) is 3.00. The number of nitrogens with one attached hydrogen (secondary N) is 1. The number of sulfonamides is 1. The Bertz CT molecular complexity index is 826. The lowest BCUT2D eigenvalue weighted by Crippen LogP contribution is -2.16. The number of hydrogen-bond acceptors (Lipinski definition) is 3. The van der Waals surface area contributed by atoms with Crippen LogP contribution in [0.15, 0.2) is 35.2 Å². The maximum absolute atomic E-state index is 13.9. The lowest BCUT2D eigenvalue weighted by atomic mass is 10.2. The Morgan fingerprint density at radius 1 is 1.23 bits per heavy atom. The van der Waals surface area contributed by atoms with Crippen LogP contribution in [0.3, 0.4) is 0 Å². The highest BCUT2D eigenvalue weighted by molar-refractivity contribution is 7.92. The Morgan fingerprint density at radius 2 is 1.91 bits per heavy atom. The maximum Gasteiger partial charge on any atom is 0.262 e. The highest BCUT2D eigenvalue weighted by Crippen LogP contribution is 2.29. The summed E-state index contributed by atoms with van der Waals surface area (Å²) in [4.78, 5) is -0.0650. The molecular weight excluding hydrogens is 334 g/mol. The normalized spacial score (nSPS) is 11.5. The summed E-state index contributed by atoms with van der Waals surface area (Å²) >= 11 is 5.98. The van der Waals surface area contributed by atoms with Crippen LogP contribution in [0.4, 0.5) is 20.2 Å². The molecule has 2 rings (SSSR count). The van der Waals surface area contributed by atoms with Crippen molar-refractivity contribution in [3.05, 3.63) is 52.6 Å². The molecule has 2 aromatic carbocycles. The van der Waals surface area contributed by atoms with Crippen LogP contribution in [-0.2, 0) is 16.4 Å². The summed E-state index contributed by atoms with van der Waals surface area (Å²) in [5.41, 5.74) is 4.45. The van der Waals surface area contributed by atoms with E-state index in [0.717, 1.165) is 12.1 Å². The summed E-state index contributed by atoms with van der Waals surface area (Å²) in [5, 5.41) is 0.296. The summed E-state index contributed by atoms with van der Waals surface area (Å²) in [6, 6.07) is 6.25. The monoisotopic (exact) mass is 346 g/mol. The first-order chi connectivity index (χ1) is 10.3. The van der Waals surface area contributed by atoms with Crippen molar-refractivity contribution in [1.29, 1.82) is 0 Å². The molecule has 0 saturated heterocycles. The summed E-state index contributed by atoms with van der Waals surface area (Å²) in [6.45, 7) is 1.75. The predicted molar refractivity (Wildman–Crippen MR) is 82.4 cm³/mol. The van der Waals surface area contributed by atoms with Crippen molar-refractivity contribution in [3.63, 3.8) is 0 Å². The van der Waals surface area contributed by atoms with E-state index < -0.39 is 33.0 Å². The zero-order chi connectivity index (χ0) is 16.5. The fourth-order valence-electron chi connectivity index (χ4n) is 1.98. The first kappa shape index (κ1) is 16.5. The largest absolute Gasteiger partial charge is 0.394 e. The van der Waals surface area contributed by atoms with Crippen LogP contribution in [0.5, 0.6) is 0 Å².